The predicted molar refractivity (Wildman–Crippen MR) is 291 cm³/mol. The molecule has 1 aliphatic rings. The maximum atomic E-state index is 5.28. The van der Waals surface area contributed by atoms with E-state index in [0.717, 1.165) is 80.6 Å². The second kappa shape index (κ2) is 17.5. The predicted octanol–water partition coefficient (Wildman–Crippen LogP) is 17.1. The molecule has 2 aromatic heterocycles. The molecule has 0 radical (unpaired) electrons. The van der Waals surface area contributed by atoms with Crippen molar-refractivity contribution in [2.75, 3.05) is 0 Å². The molecule has 2 heterocycles. The van der Waals surface area contributed by atoms with Crippen molar-refractivity contribution in [2.45, 2.75) is 37.5 Å². The van der Waals surface area contributed by atoms with Gasteiger partial charge in [0.1, 0.15) is 0 Å². The lowest BCUT2D eigenvalue weighted by Gasteiger charge is -2.39. The van der Waals surface area contributed by atoms with E-state index in [2.05, 4.69) is 231 Å². The fraction of sp³-hybridized carbons (Fsp3) is 0.0909. The average Bonchev–Trinajstić information content (AvgIpc) is 3.44. The summed E-state index contributed by atoms with van der Waals surface area (Å²) < 4.78 is 0. The lowest BCUT2D eigenvalue weighted by molar-refractivity contribution is 0.346. The zero-order valence-electron chi connectivity index (χ0n) is 38.8. The van der Waals surface area contributed by atoms with Crippen molar-refractivity contribution in [1.82, 2.24) is 19.9 Å². The van der Waals surface area contributed by atoms with Crippen LogP contribution < -0.4 is 0 Å². The number of hydrogen-bond donors (Lipinski definition) is 0. The summed E-state index contributed by atoms with van der Waals surface area (Å²) in [4.78, 5) is 21.1. The highest BCUT2D eigenvalue weighted by Crippen LogP contribution is 2.46. The van der Waals surface area contributed by atoms with Gasteiger partial charge >= 0.3 is 0 Å². The zero-order valence-corrected chi connectivity index (χ0v) is 38.8. The van der Waals surface area contributed by atoms with Gasteiger partial charge in [-0.3, -0.25) is 0 Å². The van der Waals surface area contributed by atoms with Crippen LogP contribution in [-0.2, 0) is 5.41 Å². The molecule has 0 spiro atoms. The van der Waals surface area contributed by atoms with Crippen molar-refractivity contribution in [1.29, 1.82) is 0 Å². The summed E-state index contributed by atoms with van der Waals surface area (Å²) in [5.74, 6) is 1.44. The third kappa shape index (κ3) is 7.78. The van der Waals surface area contributed by atoms with Gasteiger partial charge in [-0.2, -0.15) is 0 Å². The molecule has 4 heteroatoms. The molecule has 4 nitrogen and oxygen atoms in total. The maximum absolute atomic E-state index is 5.28. The first-order valence-electron chi connectivity index (χ1n) is 24.6. The summed E-state index contributed by atoms with van der Waals surface area (Å²) in [6.07, 6.45) is 5.79. The molecule has 0 atom stereocenters. The molecule has 0 aliphatic heterocycles. The highest BCUT2D eigenvalue weighted by atomic mass is 14.9. The largest absolute Gasteiger partial charge is 0.228 e. The molecule has 13 rings (SSSR count). The Balaban J connectivity index is 0.870. The second-order valence-corrected chi connectivity index (χ2v) is 19.0. The highest BCUT2D eigenvalue weighted by Gasteiger charge is 2.36. The molecule has 12 aromatic rings. The van der Waals surface area contributed by atoms with E-state index in [9.17, 15) is 0 Å². The van der Waals surface area contributed by atoms with Crippen LogP contribution in [0.15, 0.2) is 231 Å². The van der Waals surface area contributed by atoms with Crippen LogP contribution in [0.25, 0.3) is 111 Å². The van der Waals surface area contributed by atoms with Crippen molar-refractivity contribution in [3.8, 4) is 67.8 Å². The molecule has 1 aliphatic carbocycles. The van der Waals surface area contributed by atoms with E-state index in [4.69, 9.17) is 19.9 Å². The van der Waals surface area contributed by atoms with Gasteiger partial charge in [-0.1, -0.05) is 213 Å². The van der Waals surface area contributed by atoms with Crippen LogP contribution in [0.5, 0.6) is 0 Å². The van der Waals surface area contributed by atoms with Crippen LogP contribution in [0.2, 0.25) is 0 Å². The van der Waals surface area contributed by atoms with Crippen molar-refractivity contribution < 1.29 is 0 Å². The van der Waals surface area contributed by atoms with Crippen LogP contribution >= 0.6 is 0 Å². The van der Waals surface area contributed by atoms with Gasteiger partial charge in [0.25, 0.3) is 0 Å². The number of rotatable bonds is 8. The number of hydrogen-bond acceptors (Lipinski definition) is 4. The normalized spacial score (nSPS) is 13.5. The van der Waals surface area contributed by atoms with Crippen LogP contribution in [-0.4, -0.2) is 19.9 Å². The first-order chi connectivity index (χ1) is 34.6. The highest BCUT2D eigenvalue weighted by molar-refractivity contribution is 5.91. The van der Waals surface area contributed by atoms with Gasteiger partial charge in [-0.05, 0) is 103 Å². The summed E-state index contributed by atoms with van der Waals surface area (Å²) in [6.45, 7) is 0. The summed E-state index contributed by atoms with van der Waals surface area (Å²) in [5.41, 5.74) is 12.4. The molecular formula is C66H48N4. The number of nitrogens with zero attached hydrogens (tertiary/aromatic N) is 4. The first kappa shape index (κ1) is 41.6. The van der Waals surface area contributed by atoms with Gasteiger partial charge in [-0.15, -0.1) is 0 Å². The Hall–Kier alpha value is -8.60. The Labute approximate surface area is 408 Å². The molecule has 332 valence electrons. The van der Waals surface area contributed by atoms with Crippen molar-refractivity contribution in [3.05, 3.63) is 242 Å². The molecule has 10 aromatic carbocycles. The number of benzene rings is 10. The standard InChI is InChI=1S/C66H48N4/c1-10-36-66(37-11-1,58-32-28-48(29-33-58)64-67-60(54-24-20-44-12-2-6-16-50(44)38-54)42-61(68-64)55-25-21-45-13-3-7-17-51(45)39-55)59-34-30-49(31-35-59)65-69-62(56-26-22-46-14-4-8-18-52(46)40-56)43-63(70-65)57-27-23-47-15-5-9-19-53(47)41-57/h2-9,12-35,38-43H,1,10-11,36-37H2. The molecule has 0 saturated heterocycles. The van der Waals surface area contributed by atoms with E-state index in [1.165, 1.54) is 73.5 Å². The molecule has 0 unspecified atom stereocenters. The van der Waals surface area contributed by atoms with Crippen molar-refractivity contribution in [2.24, 2.45) is 0 Å². The lowest BCUT2D eigenvalue weighted by atomic mass is 9.65. The monoisotopic (exact) mass is 896 g/mol. The van der Waals surface area contributed by atoms with Gasteiger partial charge in [0.05, 0.1) is 22.8 Å². The fourth-order valence-corrected chi connectivity index (χ4v) is 10.9. The van der Waals surface area contributed by atoms with E-state index >= 15 is 0 Å². The summed E-state index contributed by atoms with van der Waals surface area (Å²) >= 11 is 0. The van der Waals surface area contributed by atoms with Crippen LogP contribution in [0.4, 0.5) is 0 Å². The minimum Gasteiger partial charge on any atom is -0.228 e. The second-order valence-electron chi connectivity index (χ2n) is 19.0. The Morgan fingerprint density at radius 2 is 0.514 bits per heavy atom. The first-order valence-corrected chi connectivity index (χ1v) is 24.6. The minimum absolute atomic E-state index is 0.122. The molecule has 1 saturated carbocycles. The molecule has 70 heavy (non-hydrogen) atoms. The summed E-state index contributed by atoms with van der Waals surface area (Å²) in [7, 11) is 0. The molecule has 0 N–H and O–H groups in total. The average molecular weight is 897 g/mol. The quantitative estimate of drug-likeness (QED) is 0.152. The number of fused-ring (bicyclic) bond motifs is 4. The van der Waals surface area contributed by atoms with Gasteiger partial charge in [0.2, 0.25) is 0 Å². The smallest absolute Gasteiger partial charge is 0.160 e. The van der Waals surface area contributed by atoms with Crippen molar-refractivity contribution >= 4 is 43.1 Å². The SMILES string of the molecule is c1ccc2cc(-c3cc(-c4ccc5ccccc5c4)nc(-c4ccc(C5(c6ccc(-c7nc(-c8ccc9ccccc9c8)cc(-c8ccc9ccccc9c8)n7)cc6)CCCCC5)cc4)n3)ccc2c1. The van der Waals surface area contributed by atoms with E-state index < -0.39 is 0 Å². The molecular weight excluding hydrogens is 849 g/mol. The minimum atomic E-state index is -0.122. The third-order valence-corrected chi connectivity index (χ3v) is 14.7. The number of aromatic nitrogens is 4. The van der Waals surface area contributed by atoms with E-state index in [-0.39, 0.29) is 5.41 Å². The van der Waals surface area contributed by atoms with E-state index in [1.807, 2.05) is 0 Å². The Morgan fingerprint density at radius 1 is 0.243 bits per heavy atom. The van der Waals surface area contributed by atoms with Gasteiger partial charge < -0.3 is 0 Å². The summed E-state index contributed by atoms with van der Waals surface area (Å²) in [6, 6.07) is 83.0. The Bertz CT molecular complexity index is 3480. The molecule has 1 fully saturated rings. The van der Waals surface area contributed by atoms with Gasteiger partial charge in [0, 0.05) is 38.8 Å². The topological polar surface area (TPSA) is 51.6 Å². The van der Waals surface area contributed by atoms with Gasteiger partial charge in [0.15, 0.2) is 11.6 Å². The molecule has 0 amide bonds. The Morgan fingerprint density at radius 3 is 0.814 bits per heavy atom. The van der Waals surface area contributed by atoms with Crippen LogP contribution in [0.3, 0.4) is 0 Å². The Kier molecular flexibility index (Phi) is 10.4. The van der Waals surface area contributed by atoms with Crippen molar-refractivity contribution in [3.63, 3.8) is 0 Å². The molecule has 0 bridgehead atoms. The van der Waals surface area contributed by atoms with Crippen LogP contribution in [0, 0.1) is 0 Å². The van der Waals surface area contributed by atoms with E-state index in [1.54, 1.807) is 0 Å². The lowest BCUT2D eigenvalue weighted by Crippen LogP contribution is -2.30. The summed E-state index contributed by atoms with van der Waals surface area (Å²) in [5, 5.41) is 9.60. The van der Waals surface area contributed by atoms with Gasteiger partial charge in [-0.25, -0.2) is 19.9 Å². The fourth-order valence-electron chi connectivity index (χ4n) is 10.9. The third-order valence-electron chi connectivity index (χ3n) is 14.7. The zero-order chi connectivity index (χ0) is 46.4. The van der Waals surface area contributed by atoms with Crippen LogP contribution in [0.1, 0.15) is 43.2 Å². The van der Waals surface area contributed by atoms with E-state index in [0.29, 0.717) is 0 Å². The maximum Gasteiger partial charge on any atom is 0.160 e.